The quantitative estimate of drug-likeness (QED) is 0.405. The summed E-state index contributed by atoms with van der Waals surface area (Å²) in [6.45, 7) is 5.47. The summed E-state index contributed by atoms with van der Waals surface area (Å²) in [5.74, 6) is 0.170. The van der Waals surface area contributed by atoms with Gasteiger partial charge in [0.25, 0.3) is 0 Å². The van der Waals surface area contributed by atoms with E-state index in [0.717, 1.165) is 25.7 Å². The SMILES string of the molecule is C=CC(=O)OC(CC)C1CCC2OC2C1. The molecule has 4 unspecified atom stereocenters. The van der Waals surface area contributed by atoms with Crippen LogP contribution in [-0.4, -0.2) is 24.3 Å². The van der Waals surface area contributed by atoms with Gasteiger partial charge in [-0.25, -0.2) is 4.79 Å². The van der Waals surface area contributed by atoms with Crippen LogP contribution in [0, 0.1) is 5.92 Å². The highest BCUT2D eigenvalue weighted by Crippen LogP contribution is 2.41. The molecule has 1 aliphatic carbocycles. The number of rotatable bonds is 4. The number of esters is 1. The van der Waals surface area contributed by atoms with Gasteiger partial charge in [-0.1, -0.05) is 13.5 Å². The zero-order chi connectivity index (χ0) is 10.8. The van der Waals surface area contributed by atoms with Crippen LogP contribution >= 0.6 is 0 Å². The first-order valence-corrected chi connectivity index (χ1v) is 5.73. The maximum absolute atomic E-state index is 11.1. The molecule has 15 heavy (non-hydrogen) atoms. The van der Waals surface area contributed by atoms with Crippen LogP contribution < -0.4 is 0 Å². The number of carbonyl (C=O) groups excluding carboxylic acids is 1. The Balaban J connectivity index is 1.87. The second-order valence-electron chi connectivity index (χ2n) is 4.37. The van der Waals surface area contributed by atoms with Crippen molar-refractivity contribution in [3.05, 3.63) is 12.7 Å². The summed E-state index contributed by atoms with van der Waals surface area (Å²) in [6.07, 6.45) is 6.40. The van der Waals surface area contributed by atoms with E-state index in [0.29, 0.717) is 18.1 Å². The maximum Gasteiger partial charge on any atom is 0.330 e. The van der Waals surface area contributed by atoms with Gasteiger partial charge in [0.15, 0.2) is 0 Å². The van der Waals surface area contributed by atoms with Crippen LogP contribution in [-0.2, 0) is 14.3 Å². The summed E-state index contributed by atoms with van der Waals surface area (Å²) in [6, 6.07) is 0. The minimum atomic E-state index is -0.305. The van der Waals surface area contributed by atoms with Gasteiger partial charge in [0.2, 0.25) is 0 Å². The van der Waals surface area contributed by atoms with Gasteiger partial charge in [0.1, 0.15) is 6.10 Å². The standard InChI is InChI=1S/C12H18O3/c1-3-9(15-12(13)4-2)8-5-6-10-11(7-8)14-10/h4,8-11H,2-3,5-7H2,1H3. The van der Waals surface area contributed by atoms with Crippen molar-refractivity contribution in [3.63, 3.8) is 0 Å². The highest BCUT2D eigenvalue weighted by molar-refractivity contribution is 5.81. The van der Waals surface area contributed by atoms with Crippen molar-refractivity contribution in [2.45, 2.75) is 50.9 Å². The van der Waals surface area contributed by atoms with Gasteiger partial charge in [0.05, 0.1) is 12.2 Å². The summed E-state index contributed by atoms with van der Waals surface area (Å²) in [7, 11) is 0. The van der Waals surface area contributed by atoms with Crippen molar-refractivity contribution in [1.82, 2.24) is 0 Å². The fourth-order valence-corrected chi connectivity index (χ4v) is 2.48. The molecule has 2 rings (SSSR count). The van der Waals surface area contributed by atoms with Gasteiger partial charge in [-0.05, 0) is 31.6 Å². The first-order valence-electron chi connectivity index (χ1n) is 5.73. The lowest BCUT2D eigenvalue weighted by Crippen LogP contribution is -2.29. The Kier molecular flexibility index (Phi) is 3.10. The number of carbonyl (C=O) groups is 1. The fourth-order valence-electron chi connectivity index (χ4n) is 2.48. The van der Waals surface area contributed by atoms with Gasteiger partial charge in [-0.2, -0.15) is 0 Å². The zero-order valence-electron chi connectivity index (χ0n) is 9.15. The molecule has 0 N–H and O–H groups in total. The smallest absolute Gasteiger partial charge is 0.330 e. The number of hydrogen-bond acceptors (Lipinski definition) is 3. The molecule has 1 saturated heterocycles. The largest absolute Gasteiger partial charge is 0.459 e. The van der Waals surface area contributed by atoms with E-state index in [2.05, 4.69) is 13.5 Å². The van der Waals surface area contributed by atoms with Gasteiger partial charge in [0, 0.05) is 6.08 Å². The predicted octanol–water partition coefficient (Wildman–Crippen LogP) is 2.06. The molecule has 1 heterocycles. The molecule has 0 spiro atoms. The minimum Gasteiger partial charge on any atom is -0.459 e. The summed E-state index contributed by atoms with van der Waals surface area (Å²) >= 11 is 0. The van der Waals surface area contributed by atoms with Crippen molar-refractivity contribution in [3.8, 4) is 0 Å². The third kappa shape index (κ3) is 2.40. The normalized spacial score (nSPS) is 35.1. The Labute approximate surface area is 90.4 Å². The monoisotopic (exact) mass is 210 g/mol. The fraction of sp³-hybridized carbons (Fsp3) is 0.750. The van der Waals surface area contributed by atoms with Crippen LogP contribution in [0.3, 0.4) is 0 Å². The molecule has 0 radical (unpaired) electrons. The molecule has 0 aromatic carbocycles. The Morgan fingerprint density at radius 2 is 2.40 bits per heavy atom. The van der Waals surface area contributed by atoms with Gasteiger partial charge < -0.3 is 9.47 Å². The molecule has 0 amide bonds. The average molecular weight is 210 g/mol. The predicted molar refractivity (Wildman–Crippen MR) is 56.4 cm³/mol. The molecule has 84 valence electrons. The molecule has 2 fully saturated rings. The van der Waals surface area contributed by atoms with Crippen molar-refractivity contribution in [2.75, 3.05) is 0 Å². The Hall–Kier alpha value is -0.830. The first kappa shape index (κ1) is 10.7. The van der Waals surface area contributed by atoms with E-state index in [-0.39, 0.29) is 12.1 Å². The van der Waals surface area contributed by atoms with Gasteiger partial charge in [-0.15, -0.1) is 0 Å². The second-order valence-corrected chi connectivity index (χ2v) is 4.37. The van der Waals surface area contributed by atoms with Crippen molar-refractivity contribution < 1.29 is 14.3 Å². The van der Waals surface area contributed by atoms with E-state index in [1.165, 1.54) is 6.08 Å². The van der Waals surface area contributed by atoms with Gasteiger partial charge in [-0.3, -0.25) is 0 Å². The number of fused-ring (bicyclic) bond motifs is 1. The zero-order valence-corrected chi connectivity index (χ0v) is 9.15. The molecule has 1 aliphatic heterocycles. The Morgan fingerprint density at radius 3 is 3.00 bits per heavy atom. The molecule has 4 atom stereocenters. The summed E-state index contributed by atoms with van der Waals surface area (Å²) < 4.78 is 10.8. The third-order valence-corrected chi connectivity index (χ3v) is 3.41. The molecule has 1 saturated carbocycles. The highest BCUT2D eigenvalue weighted by atomic mass is 16.6. The number of hydrogen-bond donors (Lipinski definition) is 0. The van der Waals surface area contributed by atoms with Crippen LogP contribution in [0.5, 0.6) is 0 Å². The van der Waals surface area contributed by atoms with E-state index in [9.17, 15) is 4.79 Å². The molecule has 2 aliphatic rings. The molecular weight excluding hydrogens is 192 g/mol. The van der Waals surface area contributed by atoms with Crippen LogP contribution in [0.2, 0.25) is 0 Å². The molecule has 0 aromatic rings. The van der Waals surface area contributed by atoms with E-state index < -0.39 is 0 Å². The highest BCUT2D eigenvalue weighted by Gasteiger charge is 2.45. The van der Waals surface area contributed by atoms with Crippen LogP contribution in [0.1, 0.15) is 32.6 Å². The number of epoxide rings is 1. The lowest BCUT2D eigenvalue weighted by atomic mass is 9.84. The molecule has 0 bridgehead atoms. The van der Waals surface area contributed by atoms with Crippen molar-refractivity contribution in [2.24, 2.45) is 5.92 Å². The lowest BCUT2D eigenvalue weighted by molar-refractivity contribution is -0.146. The first-order chi connectivity index (χ1) is 7.24. The Bertz CT molecular complexity index is 262. The van der Waals surface area contributed by atoms with E-state index in [4.69, 9.17) is 9.47 Å². The van der Waals surface area contributed by atoms with Crippen molar-refractivity contribution in [1.29, 1.82) is 0 Å². The number of ether oxygens (including phenoxy) is 2. The lowest BCUT2D eigenvalue weighted by Gasteiger charge is -2.27. The average Bonchev–Trinajstić information content (AvgIpc) is 3.03. The third-order valence-electron chi connectivity index (χ3n) is 3.41. The van der Waals surface area contributed by atoms with Crippen molar-refractivity contribution >= 4 is 5.97 Å². The topological polar surface area (TPSA) is 38.8 Å². The van der Waals surface area contributed by atoms with E-state index >= 15 is 0 Å². The molecular formula is C12H18O3. The summed E-state index contributed by atoms with van der Waals surface area (Å²) in [4.78, 5) is 11.1. The van der Waals surface area contributed by atoms with E-state index in [1.807, 2.05) is 0 Å². The van der Waals surface area contributed by atoms with E-state index in [1.54, 1.807) is 0 Å². The molecule has 3 heteroatoms. The maximum atomic E-state index is 11.1. The van der Waals surface area contributed by atoms with Gasteiger partial charge >= 0.3 is 5.97 Å². The Morgan fingerprint density at radius 1 is 1.60 bits per heavy atom. The second kappa shape index (κ2) is 4.35. The molecule has 0 aromatic heterocycles. The molecule has 3 nitrogen and oxygen atoms in total. The summed E-state index contributed by atoms with van der Waals surface area (Å²) in [5.41, 5.74) is 0. The van der Waals surface area contributed by atoms with Crippen LogP contribution in [0.15, 0.2) is 12.7 Å². The van der Waals surface area contributed by atoms with Crippen LogP contribution in [0.4, 0.5) is 0 Å². The summed E-state index contributed by atoms with van der Waals surface area (Å²) in [5, 5.41) is 0. The minimum absolute atomic E-state index is 0.0423. The van der Waals surface area contributed by atoms with Crippen LogP contribution in [0.25, 0.3) is 0 Å².